The summed E-state index contributed by atoms with van der Waals surface area (Å²) in [7, 11) is 0. The molecular formula is C21H24F2N2O. The molecule has 1 heterocycles. The molecule has 0 unspecified atom stereocenters. The van der Waals surface area contributed by atoms with E-state index in [2.05, 4.69) is 22.3 Å². The molecule has 0 aromatic heterocycles. The van der Waals surface area contributed by atoms with Gasteiger partial charge in [-0.15, -0.1) is 0 Å². The van der Waals surface area contributed by atoms with Crippen molar-refractivity contribution < 1.29 is 13.6 Å². The second-order valence-corrected chi connectivity index (χ2v) is 7.00. The van der Waals surface area contributed by atoms with Gasteiger partial charge in [0.05, 0.1) is 6.42 Å². The van der Waals surface area contributed by atoms with Crippen LogP contribution in [0.5, 0.6) is 0 Å². The van der Waals surface area contributed by atoms with Gasteiger partial charge in [-0.3, -0.25) is 4.79 Å². The van der Waals surface area contributed by atoms with Crippen LogP contribution >= 0.6 is 0 Å². The fourth-order valence-electron chi connectivity index (χ4n) is 3.55. The molecule has 1 aliphatic rings. The lowest BCUT2D eigenvalue weighted by Crippen LogP contribution is -2.29. The fourth-order valence-corrected chi connectivity index (χ4v) is 3.55. The highest BCUT2D eigenvalue weighted by Crippen LogP contribution is 2.29. The van der Waals surface area contributed by atoms with Crippen molar-refractivity contribution in [1.29, 1.82) is 0 Å². The Kier molecular flexibility index (Phi) is 5.55. The van der Waals surface area contributed by atoms with Crippen LogP contribution in [0, 0.1) is 25.5 Å². The van der Waals surface area contributed by atoms with Gasteiger partial charge in [-0.1, -0.05) is 0 Å². The molecule has 0 bridgehead atoms. The van der Waals surface area contributed by atoms with Crippen molar-refractivity contribution in [2.75, 3.05) is 23.3 Å². The summed E-state index contributed by atoms with van der Waals surface area (Å²) in [4.78, 5) is 14.7. The minimum atomic E-state index is -0.675. The van der Waals surface area contributed by atoms with E-state index in [1.165, 1.54) is 37.1 Å². The highest BCUT2D eigenvalue weighted by atomic mass is 19.1. The zero-order chi connectivity index (χ0) is 18.7. The second kappa shape index (κ2) is 7.85. The van der Waals surface area contributed by atoms with Crippen LogP contribution in [0.1, 0.15) is 36.0 Å². The SMILES string of the molecule is Cc1cc(N2CCCCC2)cc(C)c1NC(=O)Cc1cc(F)cc(F)c1. The van der Waals surface area contributed by atoms with Crippen molar-refractivity contribution in [1.82, 2.24) is 0 Å². The Morgan fingerprint density at radius 1 is 0.962 bits per heavy atom. The van der Waals surface area contributed by atoms with Gasteiger partial charge in [-0.25, -0.2) is 8.78 Å². The first kappa shape index (κ1) is 18.4. The van der Waals surface area contributed by atoms with Crippen LogP contribution in [0.3, 0.4) is 0 Å². The first-order valence-electron chi connectivity index (χ1n) is 9.03. The monoisotopic (exact) mass is 358 g/mol. The predicted octanol–water partition coefficient (Wildman–Crippen LogP) is 4.75. The smallest absolute Gasteiger partial charge is 0.228 e. The van der Waals surface area contributed by atoms with Gasteiger partial charge in [0.1, 0.15) is 11.6 Å². The third-order valence-corrected chi connectivity index (χ3v) is 4.79. The molecule has 1 aliphatic heterocycles. The fraction of sp³-hybridized carbons (Fsp3) is 0.381. The molecule has 0 radical (unpaired) electrons. The van der Waals surface area contributed by atoms with Crippen LogP contribution < -0.4 is 10.2 Å². The van der Waals surface area contributed by atoms with E-state index < -0.39 is 11.6 Å². The standard InChI is InChI=1S/C21H24F2N2O/c1-14-8-19(25-6-4-3-5-7-25)9-15(2)21(14)24-20(26)12-16-10-17(22)13-18(23)11-16/h8-11,13H,3-7,12H2,1-2H3,(H,24,26). The average Bonchev–Trinajstić information content (AvgIpc) is 2.58. The number of halogens is 2. The molecule has 2 aromatic carbocycles. The number of hydrogen-bond acceptors (Lipinski definition) is 2. The Bertz CT molecular complexity index is 770. The summed E-state index contributed by atoms with van der Waals surface area (Å²) >= 11 is 0. The third kappa shape index (κ3) is 4.40. The van der Waals surface area contributed by atoms with Gasteiger partial charge in [0.2, 0.25) is 5.91 Å². The Hall–Kier alpha value is -2.43. The number of rotatable bonds is 4. The minimum absolute atomic E-state index is 0.0680. The summed E-state index contributed by atoms with van der Waals surface area (Å²) < 4.78 is 26.6. The van der Waals surface area contributed by atoms with E-state index in [1.54, 1.807) is 0 Å². The molecule has 0 saturated carbocycles. The number of carbonyl (C=O) groups is 1. The number of nitrogens with one attached hydrogen (secondary N) is 1. The highest BCUT2D eigenvalue weighted by molar-refractivity contribution is 5.94. The molecule has 3 rings (SSSR count). The zero-order valence-electron chi connectivity index (χ0n) is 15.2. The number of hydrogen-bond donors (Lipinski definition) is 1. The van der Waals surface area contributed by atoms with E-state index in [-0.39, 0.29) is 12.3 Å². The molecule has 26 heavy (non-hydrogen) atoms. The molecule has 1 N–H and O–H groups in total. The van der Waals surface area contributed by atoms with Gasteiger partial charge in [0, 0.05) is 30.5 Å². The summed E-state index contributed by atoms with van der Waals surface area (Å²) in [5.41, 5.74) is 4.26. The Morgan fingerprint density at radius 3 is 2.12 bits per heavy atom. The van der Waals surface area contributed by atoms with Gasteiger partial charge in [0.25, 0.3) is 0 Å². The largest absolute Gasteiger partial charge is 0.372 e. The highest BCUT2D eigenvalue weighted by Gasteiger charge is 2.15. The van der Waals surface area contributed by atoms with Crippen molar-refractivity contribution in [2.45, 2.75) is 39.5 Å². The summed E-state index contributed by atoms with van der Waals surface area (Å²) in [5.74, 6) is -1.64. The molecule has 3 nitrogen and oxygen atoms in total. The van der Waals surface area contributed by atoms with Gasteiger partial charge in [0.15, 0.2) is 0 Å². The molecule has 0 spiro atoms. The van der Waals surface area contributed by atoms with Crippen molar-refractivity contribution in [3.05, 3.63) is 58.7 Å². The lowest BCUT2D eigenvalue weighted by Gasteiger charge is -2.30. The molecule has 1 saturated heterocycles. The van der Waals surface area contributed by atoms with Crippen molar-refractivity contribution in [3.8, 4) is 0 Å². The van der Waals surface area contributed by atoms with Crippen LogP contribution in [0.25, 0.3) is 0 Å². The zero-order valence-corrected chi connectivity index (χ0v) is 15.2. The van der Waals surface area contributed by atoms with Gasteiger partial charge in [-0.05, 0) is 74.1 Å². The second-order valence-electron chi connectivity index (χ2n) is 7.00. The topological polar surface area (TPSA) is 32.3 Å². The number of amides is 1. The lowest BCUT2D eigenvalue weighted by atomic mass is 10.0. The van der Waals surface area contributed by atoms with E-state index in [9.17, 15) is 13.6 Å². The minimum Gasteiger partial charge on any atom is -0.372 e. The summed E-state index contributed by atoms with van der Waals surface area (Å²) in [6.07, 6.45) is 3.63. The van der Waals surface area contributed by atoms with Crippen molar-refractivity contribution >= 4 is 17.3 Å². The van der Waals surface area contributed by atoms with Gasteiger partial charge in [-0.2, -0.15) is 0 Å². The summed E-state index contributed by atoms with van der Waals surface area (Å²) in [5, 5.41) is 2.89. The van der Waals surface area contributed by atoms with E-state index >= 15 is 0 Å². The third-order valence-electron chi connectivity index (χ3n) is 4.79. The maximum absolute atomic E-state index is 13.3. The van der Waals surface area contributed by atoms with Gasteiger partial charge >= 0.3 is 0 Å². The normalized spacial score (nSPS) is 14.4. The quantitative estimate of drug-likeness (QED) is 0.855. The maximum atomic E-state index is 13.3. The lowest BCUT2D eigenvalue weighted by molar-refractivity contribution is -0.115. The predicted molar refractivity (Wildman–Crippen MR) is 101 cm³/mol. The van der Waals surface area contributed by atoms with E-state index in [4.69, 9.17) is 0 Å². The Labute approximate surface area is 153 Å². The maximum Gasteiger partial charge on any atom is 0.228 e. The molecule has 1 fully saturated rings. The number of anilines is 2. The van der Waals surface area contributed by atoms with E-state index in [0.29, 0.717) is 5.56 Å². The summed E-state index contributed by atoms with van der Waals surface area (Å²) in [6.45, 7) is 6.07. The number of carbonyl (C=O) groups excluding carboxylic acids is 1. The molecule has 138 valence electrons. The first-order chi connectivity index (χ1) is 12.4. The van der Waals surface area contributed by atoms with E-state index in [0.717, 1.165) is 36.0 Å². The van der Waals surface area contributed by atoms with Crippen LogP contribution in [-0.2, 0) is 11.2 Å². The molecule has 0 atom stereocenters. The summed E-state index contributed by atoms with van der Waals surface area (Å²) in [6, 6.07) is 7.35. The van der Waals surface area contributed by atoms with Crippen LogP contribution in [0.2, 0.25) is 0 Å². The Balaban J connectivity index is 1.73. The molecule has 1 amide bonds. The van der Waals surface area contributed by atoms with Crippen molar-refractivity contribution in [3.63, 3.8) is 0 Å². The van der Waals surface area contributed by atoms with Gasteiger partial charge < -0.3 is 10.2 Å². The van der Waals surface area contributed by atoms with Crippen LogP contribution in [-0.4, -0.2) is 19.0 Å². The average molecular weight is 358 g/mol. The number of piperidine rings is 1. The first-order valence-corrected chi connectivity index (χ1v) is 9.03. The molecule has 5 heteroatoms. The molecular weight excluding hydrogens is 334 g/mol. The Morgan fingerprint density at radius 2 is 1.54 bits per heavy atom. The van der Waals surface area contributed by atoms with E-state index in [1.807, 2.05) is 13.8 Å². The number of benzene rings is 2. The van der Waals surface area contributed by atoms with Crippen molar-refractivity contribution in [2.24, 2.45) is 0 Å². The molecule has 0 aliphatic carbocycles. The number of aryl methyl sites for hydroxylation is 2. The molecule has 2 aromatic rings. The van der Waals surface area contributed by atoms with Crippen LogP contribution in [0.4, 0.5) is 20.2 Å². The van der Waals surface area contributed by atoms with Crippen LogP contribution in [0.15, 0.2) is 30.3 Å². The number of nitrogens with zero attached hydrogens (tertiary/aromatic N) is 1.